The topological polar surface area (TPSA) is 26.3 Å². The molecule has 0 radical (unpaired) electrons. The molecule has 2 unspecified atom stereocenters. The Labute approximate surface area is 75.3 Å². The van der Waals surface area contributed by atoms with Crippen LogP contribution in [0, 0.1) is 5.92 Å². The largest absolute Gasteiger partial charge is 0.381 e. The Balaban J connectivity index is 3.60. The molecule has 0 heterocycles. The predicted octanol–water partition coefficient (Wildman–Crippen LogP) is 2.42. The number of ether oxygens (including phenoxy) is 1. The highest BCUT2D eigenvalue weighted by atomic mass is 16.5. The van der Waals surface area contributed by atoms with Gasteiger partial charge in [0.1, 0.15) is 6.29 Å². The highest BCUT2D eigenvalue weighted by molar-refractivity contribution is 5.50. The first-order valence-electron chi connectivity index (χ1n) is 4.71. The number of carbonyl (C=O) groups is 1. The second kappa shape index (κ2) is 7.29. The molecule has 0 rings (SSSR count). The zero-order chi connectivity index (χ0) is 9.40. The lowest BCUT2D eigenvalue weighted by atomic mass is 9.97. The van der Waals surface area contributed by atoms with Crippen LogP contribution < -0.4 is 0 Å². The molecule has 2 nitrogen and oxygen atoms in total. The van der Waals surface area contributed by atoms with Gasteiger partial charge in [0, 0.05) is 13.5 Å². The Kier molecular flexibility index (Phi) is 7.06. The number of methoxy groups -OCH3 is 1. The SMILES string of the molecule is CCCC(C)CC(CC=O)OC. The fourth-order valence-corrected chi connectivity index (χ4v) is 1.46. The summed E-state index contributed by atoms with van der Waals surface area (Å²) in [6.07, 6.45) is 5.03. The van der Waals surface area contributed by atoms with Gasteiger partial charge in [0.25, 0.3) is 0 Å². The van der Waals surface area contributed by atoms with Crippen molar-refractivity contribution in [2.45, 2.75) is 45.6 Å². The average molecular weight is 172 g/mol. The summed E-state index contributed by atoms with van der Waals surface area (Å²) in [5.74, 6) is 0.667. The molecule has 0 N–H and O–H groups in total. The van der Waals surface area contributed by atoms with Crippen molar-refractivity contribution in [2.75, 3.05) is 7.11 Å². The first kappa shape index (κ1) is 11.6. The Morgan fingerprint density at radius 1 is 1.50 bits per heavy atom. The third-order valence-electron chi connectivity index (χ3n) is 2.14. The van der Waals surface area contributed by atoms with Crippen molar-refractivity contribution in [2.24, 2.45) is 5.92 Å². The van der Waals surface area contributed by atoms with E-state index in [1.54, 1.807) is 7.11 Å². The molecule has 72 valence electrons. The molecule has 0 amide bonds. The molecule has 2 atom stereocenters. The van der Waals surface area contributed by atoms with Crippen molar-refractivity contribution in [1.29, 1.82) is 0 Å². The van der Waals surface area contributed by atoms with E-state index in [0.717, 1.165) is 12.7 Å². The van der Waals surface area contributed by atoms with Crippen LogP contribution in [0.15, 0.2) is 0 Å². The zero-order valence-corrected chi connectivity index (χ0v) is 8.38. The van der Waals surface area contributed by atoms with Crippen LogP contribution in [0.2, 0.25) is 0 Å². The summed E-state index contributed by atoms with van der Waals surface area (Å²) in [7, 11) is 1.67. The van der Waals surface area contributed by atoms with Gasteiger partial charge in [-0.25, -0.2) is 0 Å². The molecule has 0 saturated heterocycles. The van der Waals surface area contributed by atoms with E-state index in [2.05, 4.69) is 13.8 Å². The van der Waals surface area contributed by atoms with E-state index in [0.29, 0.717) is 12.3 Å². The Hall–Kier alpha value is -0.370. The summed E-state index contributed by atoms with van der Waals surface area (Å²) in [5.41, 5.74) is 0. The fourth-order valence-electron chi connectivity index (χ4n) is 1.46. The van der Waals surface area contributed by atoms with Crippen LogP contribution in [0.25, 0.3) is 0 Å². The summed E-state index contributed by atoms with van der Waals surface area (Å²) < 4.78 is 5.18. The summed E-state index contributed by atoms with van der Waals surface area (Å²) in [6, 6.07) is 0. The quantitative estimate of drug-likeness (QED) is 0.551. The van der Waals surface area contributed by atoms with E-state index in [-0.39, 0.29) is 6.10 Å². The molecule has 0 aliphatic heterocycles. The van der Waals surface area contributed by atoms with Gasteiger partial charge in [-0.2, -0.15) is 0 Å². The highest BCUT2D eigenvalue weighted by Crippen LogP contribution is 2.15. The molecule has 0 saturated carbocycles. The van der Waals surface area contributed by atoms with Crippen molar-refractivity contribution in [3.8, 4) is 0 Å². The molecule has 0 aromatic rings. The van der Waals surface area contributed by atoms with Crippen molar-refractivity contribution < 1.29 is 9.53 Å². The minimum absolute atomic E-state index is 0.129. The van der Waals surface area contributed by atoms with Crippen molar-refractivity contribution in [3.63, 3.8) is 0 Å². The van der Waals surface area contributed by atoms with Crippen LogP contribution in [0.3, 0.4) is 0 Å². The molecule has 12 heavy (non-hydrogen) atoms. The number of hydrogen-bond donors (Lipinski definition) is 0. The van der Waals surface area contributed by atoms with Gasteiger partial charge in [0.05, 0.1) is 6.10 Å². The smallest absolute Gasteiger partial charge is 0.122 e. The predicted molar refractivity (Wildman–Crippen MR) is 50.2 cm³/mol. The first-order chi connectivity index (χ1) is 5.74. The standard InChI is InChI=1S/C10H20O2/c1-4-5-9(2)8-10(12-3)6-7-11/h7,9-10H,4-6,8H2,1-3H3. The second-order valence-electron chi connectivity index (χ2n) is 3.39. The molecular weight excluding hydrogens is 152 g/mol. The molecule has 0 aliphatic rings. The lowest BCUT2D eigenvalue weighted by Crippen LogP contribution is -2.15. The molecule has 0 bridgehead atoms. The van der Waals surface area contributed by atoms with Crippen LogP contribution in [-0.2, 0) is 9.53 Å². The molecule has 0 aromatic heterocycles. The van der Waals surface area contributed by atoms with Crippen LogP contribution >= 0.6 is 0 Å². The van der Waals surface area contributed by atoms with Gasteiger partial charge in [0.2, 0.25) is 0 Å². The van der Waals surface area contributed by atoms with Gasteiger partial charge in [-0.05, 0) is 12.3 Å². The first-order valence-corrected chi connectivity index (χ1v) is 4.71. The number of carbonyl (C=O) groups excluding carboxylic acids is 1. The van der Waals surface area contributed by atoms with Gasteiger partial charge in [-0.3, -0.25) is 0 Å². The van der Waals surface area contributed by atoms with Crippen molar-refractivity contribution >= 4 is 6.29 Å². The van der Waals surface area contributed by atoms with Crippen LogP contribution in [0.5, 0.6) is 0 Å². The van der Waals surface area contributed by atoms with Crippen molar-refractivity contribution in [3.05, 3.63) is 0 Å². The van der Waals surface area contributed by atoms with E-state index in [1.807, 2.05) is 0 Å². The lowest BCUT2D eigenvalue weighted by molar-refractivity contribution is -0.110. The van der Waals surface area contributed by atoms with E-state index >= 15 is 0 Å². The maximum absolute atomic E-state index is 10.2. The number of hydrogen-bond acceptors (Lipinski definition) is 2. The minimum atomic E-state index is 0.129. The highest BCUT2D eigenvalue weighted by Gasteiger charge is 2.10. The minimum Gasteiger partial charge on any atom is -0.381 e. The second-order valence-corrected chi connectivity index (χ2v) is 3.39. The van der Waals surface area contributed by atoms with Crippen LogP contribution in [0.4, 0.5) is 0 Å². The summed E-state index contributed by atoms with van der Waals surface area (Å²) in [6.45, 7) is 4.39. The Bertz CT molecular complexity index is 112. The summed E-state index contributed by atoms with van der Waals surface area (Å²) >= 11 is 0. The third kappa shape index (κ3) is 5.30. The lowest BCUT2D eigenvalue weighted by Gasteiger charge is -2.16. The molecule has 2 heteroatoms. The maximum Gasteiger partial charge on any atom is 0.122 e. The van der Waals surface area contributed by atoms with Gasteiger partial charge in [0.15, 0.2) is 0 Å². The summed E-state index contributed by atoms with van der Waals surface area (Å²) in [4.78, 5) is 10.2. The molecular formula is C10H20O2. The number of rotatable bonds is 7. The van der Waals surface area contributed by atoms with E-state index in [9.17, 15) is 4.79 Å². The van der Waals surface area contributed by atoms with Crippen LogP contribution in [-0.4, -0.2) is 19.5 Å². The van der Waals surface area contributed by atoms with Gasteiger partial charge < -0.3 is 9.53 Å². The normalized spacial score (nSPS) is 15.6. The summed E-state index contributed by atoms with van der Waals surface area (Å²) in [5, 5.41) is 0. The van der Waals surface area contributed by atoms with Crippen molar-refractivity contribution in [1.82, 2.24) is 0 Å². The van der Waals surface area contributed by atoms with E-state index < -0.39 is 0 Å². The average Bonchev–Trinajstić information content (AvgIpc) is 2.04. The molecule has 0 spiro atoms. The van der Waals surface area contributed by atoms with Gasteiger partial charge >= 0.3 is 0 Å². The molecule has 0 aromatic carbocycles. The molecule has 0 aliphatic carbocycles. The monoisotopic (exact) mass is 172 g/mol. The third-order valence-corrected chi connectivity index (χ3v) is 2.14. The van der Waals surface area contributed by atoms with E-state index in [1.165, 1.54) is 12.8 Å². The zero-order valence-electron chi connectivity index (χ0n) is 8.38. The fraction of sp³-hybridized carbons (Fsp3) is 0.900. The van der Waals surface area contributed by atoms with Gasteiger partial charge in [-0.15, -0.1) is 0 Å². The Morgan fingerprint density at radius 2 is 2.17 bits per heavy atom. The Morgan fingerprint density at radius 3 is 2.58 bits per heavy atom. The van der Waals surface area contributed by atoms with Crippen LogP contribution in [0.1, 0.15) is 39.5 Å². The molecule has 0 fully saturated rings. The van der Waals surface area contributed by atoms with E-state index in [4.69, 9.17) is 4.74 Å². The maximum atomic E-state index is 10.2. The number of aldehydes is 1. The van der Waals surface area contributed by atoms with Gasteiger partial charge in [-0.1, -0.05) is 26.7 Å².